The van der Waals surface area contributed by atoms with Crippen molar-refractivity contribution in [3.63, 3.8) is 0 Å². The highest BCUT2D eigenvalue weighted by Gasteiger charge is 2.44. The second-order valence-electron chi connectivity index (χ2n) is 4.62. The van der Waals surface area contributed by atoms with Crippen LogP contribution in [0.25, 0.3) is 0 Å². The quantitative estimate of drug-likeness (QED) is 0.724. The van der Waals surface area contributed by atoms with Crippen molar-refractivity contribution >= 4 is 11.4 Å². The number of nitrogens with zero attached hydrogens (tertiary/aromatic N) is 2. The fourth-order valence-electron chi connectivity index (χ4n) is 2.47. The van der Waals surface area contributed by atoms with E-state index in [4.69, 9.17) is 0 Å². The highest BCUT2D eigenvalue weighted by atomic mass is 19.4. The number of alkyl halides is 3. The van der Waals surface area contributed by atoms with Gasteiger partial charge in [-0.15, -0.1) is 5.01 Å². The zero-order valence-corrected chi connectivity index (χ0v) is 10.6. The van der Waals surface area contributed by atoms with E-state index in [1.807, 2.05) is 12.1 Å². The van der Waals surface area contributed by atoms with E-state index in [9.17, 15) is 13.2 Å². The van der Waals surface area contributed by atoms with Gasteiger partial charge in [0.1, 0.15) is 0 Å². The van der Waals surface area contributed by atoms with Crippen molar-refractivity contribution in [2.24, 2.45) is 0 Å². The molecule has 0 unspecified atom stereocenters. The van der Waals surface area contributed by atoms with Gasteiger partial charge >= 0.3 is 6.30 Å². The molecule has 5 heteroatoms. The fraction of sp³-hybridized carbons (Fsp3) is 0.200. The Labute approximate surface area is 115 Å². The Morgan fingerprint density at radius 3 is 2.20 bits per heavy atom. The van der Waals surface area contributed by atoms with E-state index < -0.39 is 6.30 Å². The van der Waals surface area contributed by atoms with E-state index >= 15 is 0 Å². The van der Waals surface area contributed by atoms with Crippen LogP contribution in [0.1, 0.15) is 5.56 Å². The minimum Gasteiger partial charge on any atom is -0.267 e. The van der Waals surface area contributed by atoms with Crippen molar-refractivity contribution in [3.05, 3.63) is 60.2 Å². The van der Waals surface area contributed by atoms with Gasteiger partial charge in [-0.25, -0.2) is 0 Å². The van der Waals surface area contributed by atoms with Gasteiger partial charge in [0.2, 0.25) is 0 Å². The SMILES string of the molecule is FC(F)(F)N1CCc2ccccc2N1c1ccccc1. The van der Waals surface area contributed by atoms with Crippen LogP contribution in [0.15, 0.2) is 54.6 Å². The van der Waals surface area contributed by atoms with E-state index in [-0.39, 0.29) is 6.54 Å². The van der Waals surface area contributed by atoms with Crippen molar-refractivity contribution < 1.29 is 13.2 Å². The third-order valence-electron chi connectivity index (χ3n) is 3.35. The first-order chi connectivity index (χ1) is 9.57. The van der Waals surface area contributed by atoms with Crippen LogP contribution in [0.3, 0.4) is 0 Å². The zero-order valence-electron chi connectivity index (χ0n) is 10.6. The van der Waals surface area contributed by atoms with Gasteiger partial charge in [-0.1, -0.05) is 36.4 Å². The molecule has 1 aliphatic rings. The first-order valence-electron chi connectivity index (χ1n) is 6.35. The predicted molar refractivity (Wildman–Crippen MR) is 71.5 cm³/mol. The molecule has 2 nitrogen and oxygen atoms in total. The molecule has 2 aromatic carbocycles. The normalized spacial score (nSPS) is 16.1. The van der Waals surface area contributed by atoms with Gasteiger partial charge < -0.3 is 0 Å². The maximum Gasteiger partial charge on any atom is 0.477 e. The topological polar surface area (TPSA) is 6.48 Å². The molecule has 1 heterocycles. The smallest absolute Gasteiger partial charge is 0.267 e. The highest BCUT2D eigenvalue weighted by molar-refractivity contribution is 5.66. The second-order valence-corrected chi connectivity index (χ2v) is 4.62. The maximum atomic E-state index is 13.3. The van der Waals surface area contributed by atoms with Gasteiger partial charge in [0.25, 0.3) is 0 Å². The van der Waals surface area contributed by atoms with E-state index in [0.717, 1.165) is 5.56 Å². The lowest BCUT2D eigenvalue weighted by atomic mass is 10.1. The standard InChI is InChI=1S/C15H13F3N2/c16-15(17,18)19-11-10-12-6-4-5-9-14(12)20(19)13-7-2-1-3-8-13/h1-9H,10-11H2. The molecule has 0 N–H and O–H groups in total. The third-order valence-corrected chi connectivity index (χ3v) is 3.35. The summed E-state index contributed by atoms with van der Waals surface area (Å²) >= 11 is 0. The Kier molecular flexibility index (Phi) is 3.14. The largest absolute Gasteiger partial charge is 0.477 e. The zero-order chi connectivity index (χ0) is 14.2. The van der Waals surface area contributed by atoms with Crippen LogP contribution in [0.2, 0.25) is 0 Å². The van der Waals surface area contributed by atoms with Crippen molar-refractivity contribution in [1.29, 1.82) is 0 Å². The van der Waals surface area contributed by atoms with Crippen LogP contribution in [-0.2, 0) is 6.42 Å². The van der Waals surface area contributed by atoms with Crippen LogP contribution >= 0.6 is 0 Å². The van der Waals surface area contributed by atoms with E-state index in [1.54, 1.807) is 42.5 Å². The molecule has 2 aromatic rings. The number of anilines is 2. The predicted octanol–water partition coefficient (Wildman–Crippen LogP) is 4.12. The summed E-state index contributed by atoms with van der Waals surface area (Å²) in [7, 11) is 0. The molecule has 0 radical (unpaired) electrons. The van der Waals surface area contributed by atoms with Crippen LogP contribution in [-0.4, -0.2) is 17.9 Å². The average molecular weight is 278 g/mol. The van der Waals surface area contributed by atoms with Gasteiger partial charge in [-0.3, -0.25) is 5.01 Å². The number of rotatable bonds is 1. The van der Waals surface area contributed by atoms with E-state index in [2.05, 4.69) is 0 Å². The number of hydrazine groups is 1. The van der Waals surface area contributed by atoms with Crippen LogP contribution < -0.4 is 5.01 Å². The summed E-state index contributed by atoms with van der Waals surface area (Å²) < 4.78 is 39.8. The summed E-state index contributed by atoms with van der Waals surface area (Å²) in [5.74, 6) is 0. The molecule has 0 aromatic heterocycles. The van der Waals surface area contributed by atoms with Crippen LogP contribution in [0.5, 0.6) is 0 Å². The minimum atomic E-state index is -4.40. The summed E-state index contributed by atoms with van der Waals surface area (Å²) in [5.41, 5.74) is 2.02. The Balaban J connectivity index is 2.13. The average Bonchev–Trinajstić information content (AvgIpc) is 2.46. The lowest BCUT2D eigenvalue weighted by Gasteiger charge is -2.41. The number of hydrogen-bond donors (Lipinski definition) is 0. The Morgan fingerprint density at radius 2 is 1.50 bits per heavy atom. The van der Waals surface area contributed by atoms with Crippen molar-refractivity contribution in [3.8, 4) is 0 Å². The summed E-state index contributed by atoms with van der Waals surface area (Å²) in [5, 5.41) is 1.71. The third kappa shape index (κ3) is 2.25. The van der Waals surface area contributed by atoms with Gasteiger partial charge in [-0.2, -0.15) is 13.2 Å². The lowest BCUT2D eigenvalue weighted by molar-refractivity contribution is -0.247. The maximum absolute atomic E-state index is 13.3. The molecule has 0 fully saturated rings. The molecule has 0 amide bonds. The second kappa shape index (κ2) is 4.83. The number of halogens is 3. The van der Waals surface area contributed by atoms with Crippen molar-refractivity contribution in [2.45, 2.75) is 12.7 Å². The molecular formula is C15H13F3N2. The molecule has 104 valence electrons. The Hall–Kier alpha value is -2.01. The van der Waals surface area contributed by atoms with Gasteiger partial charge in [-0.05, 0) is 30.2 Å². The molecular weight excluding hydrogens is 265 g/mol. The van der Waals surface area contributed by atoms with Gasteiger partial charge in [0, 0.05) is 6.54 Å². The summed E-state index contributed by atoms with van der Waals surface area (Å²) in [4.78, 5) is 0. The number of fused-ring (bicyclic) bond motifs is 1. The number of para-hydroxylation sites is 2. The molecule has 3 rings (SSSR count). The van der Waals surface area contributed by atoms with Crippen LogP contribution in [0, 0.1) is 0 Å². The number of hydrogen-bond acceptors (Lipinski definition) is 2. The van der Waals surface area contributed by atoms with E-state index in [0.29, 0.717) is 22.8 Å². The Bertz CT molecular complexity index is 596. The van der Waals surface area contributed by atoms with Crippen molar-refractivity contribution in [1.82, 2.24) is 5.01 Å². The highest BCUT2D eigenvalue weighted by Crippen LogP contribution is 2.38. The molecule has 0 aliphatic carbocycles. The molecule has 1 aliphatic heterocycles. The van der Waals surface area contributed by atoms with Crippen molar-refractivity contribution in [2.75, 3.05) is 11.6 Å². The van der Waals surface area contributed by atoms with Gasteiger partial charge in [0.15, 0.2) is 0 Å². The summed E-state index contributed by atoms with van der Waals surface area (Å²) in [6.07, 6.45) is -4.01. The monoisotopic (exact) mass is 278 g/mol. The molecule has 0 saturated carbocycles. The molecule has 0 spiro atoms. The first-order valence-corrected chi connectivity index (χ1v) is 6.35. The summed E-state index contributed by atoms with van der Waals surface area (Å²) in [6, 6.07) is 15.8. The van der Waals surface area contributed by atoms with Gasteiger partial charge in [0.05, 0.1) is 11.4 Å². The molecule has 0 saturated heterocycles. The first kappa shape index (κ1) is 13.0. The summed E-state index contributed by atoms with van der Waals surface area (Å²) in [6.45, 7) is -0.0740. The molecule has 20 heavy (non-hydrogen) atoms. The number of benzene rings is 2. The van der Waals surface area contributed by atoms with Crippen LogP contribution in [0.4, 0.5) is 24.5 Å². The molecule has 0 bridgehead atoms. The van der Waals surface area contributed by atoms with E-state index in [1.165, 1.54) is 5.01 Å². The minimum absolute atomic E-state index is 0.0740. The Morgan fingerprint density at radius 1 is 0.850 bits per heavy atom. The molecule has 0 atom stereocenters. The lowest BCUT2D eigenvalue weighted by Crippen LogP contribution is -2.52. The fourth-order valence-corrected chi connectivity index (χ4v) is 2.47.